The lowest BCUT2D eigenvalue weighted by atomic mass is 10.2. The first-order chi connectivity index (χ1) is 13.7. The Bertz CT molecular complexity index is 1120. The summed E-state index contributed by atoms with van der Waals surface area (Å²) in [6.07, 6.45) is 1.33. The van der Waals surface area contributed by atoms with Crippen LogP contribution < -0.4 is 10.2 Å². The van der Waals surface area contributed by atoms with E-state index in [1.165, 1.54) is 18.3 Å². The summed E-state index contributed by atoms with van der Waals surface area (Å²) in [7, 11) is 0. The lowest BCUT2D eigenvalue weighted by Crippen LogP contribution is -2.16. The Hall–Kier alpha value is -2.07. The maximum absolute atomic E-state index is 12.3. The number of hydrogen-bond acceptors (Lipinski definition) is 5. The van der Waals surface area contributed by atoms with E-state index in [9.17, 15) is 9.59 Å². The molecule has 29 heavy (non-hydrogen) atoms. The molecule has 3 rings (SSSR count). The van der Waals surface area contributed by atoms with Crippen LogP contribution in [-0.2, 0) is 4.79 Å². The molecule has 2 aromatic carbocycles. The van der Waals surface area contributed by atoms with Gasteiger partial charge >= 0.3 is 11.9 Å². The van der Waals surface area contributed by atoms with Gasteiger partial charge in [-0.15, -0.1) is 0 Å². The van der Waals surface area contributed by atoms with Crippen molar-refractivity contribution in [2.24, 2.45) is 5.10 Å². The molecule has 1 amide bonds. The molecule has 2 N–H and O–H groups in total. The predicted molar refractivity (Wildman–Crippen MR) is 116 cm³/mol. The number of aliphatic carboxylic acids is 1. The van der Waals surface area contributed by atoms with Gasteiger partial charge in [0.05, 0.1) is 20.7 Å². The molecule has 7 nitrogen and oxygen atoms in total. The van der Waals surface area contributed by atoms with Crippen molar-refractivity contribution >= 4 is 84.1 Å². The molecule has 0 aliphatic carbocycles. The highest BCUT2D eigenvalue weighted by molar-refractivity contribution is 9.11. The fraction of sp³-hybridized carbons (Fsp3) is 0.0556. The molecule has 0 bridgehead atoms. The topological polar surface area (TPSA) is 101 Å². The number of amides is 1. The lowest BCUT2D eigenvalue weighted by Gasteiger charge is -2.08. The average Bonchev–Trinajstić information content (AvgIpc) is 3.05. The highest BCUT2D eigenvalue weighted by atomic mass is 79.9. The van der Waals surface area contributed by atoms with Crippen LogP contribution in [0.5, 0.6) is 5.75 Å². The van der Waals surface area contributed by atoms with Gasteiger partial charge in [-0.25, -0.2) is 10.2 Å². The molecule has 150 valence electrons. The number of nitrogens with one attached hydrogen (secondary N) is 1. The van der Waals surface area contributed by atoms with E-state index in [-0.39, 0.29) is 21.6 Å². The van der Waals surface area contributed by atoms with E-state index in [1.54, 1.807) is 6.07 Å². The van der Waals surface area contributed by atoms with Gasteiger partial charge in [0, 0.05) is 9.86 Å². The first-order valence-corrected chi connectivity index (χ1v) is 10.1. The molecular weight excluding hydrogens is 555 g/mol. The number of furan rings is 1. The molecule has 0 atom stereocenters. The van der Waals surface area contributed by atoms with Gasteiger partial charge in [-0.3, -0.25) is 4.79 Å². The first kappa shape index (κ1) is 21.6. The molecule has 1 aromatic heterocycles. The van der Waals surface area contributed by atoms with Gasteiger partial charge in [0.1, 0.15) is 5.58 Å². The third kappa shape index (κ3) is 5.30. The summed E-state index contributed by atoms with van der Waals surface area (Å²) >= 11 is 18.9. The molecule has 0 saturated heterocycles. The number of carbonyl (C=O) groups is 2. The number of halogens is 4. The number of hydrogen-bond donors (Lipinski definition) is 2. The van der Waals surface area contributed by atoms with Crippen LogP contribution in [0.15, 0.2) is 48.8 Å². The monoisotopic (exact) mass is 562 g/mol. The third-order valence-electron chi connectivity index (χ3n) is 3.50. The minimum absolute atomic E-state index is 0.0518. The molecule has 3 aromatic rings. The van der Waals surface area contributed by atoms with Crippen molar-refractivity contribution in [1.29, 1.82) is 0 Å². The van der Waals surface area contributed by atoms with Crippen LogP contribution in [0.2, 0.25) is 10.0 Å². The molecule has 0 fully saturated rings. The maximum Gasteiger partial charge on any atom is 0.341 e. The summed E-state index contributed by atoms with van der Waals surface area (Å²) in [6, 6.07) is 8.16. The zero-order valence-corrected chi connectivity index (χ0v) is 18.9. The van der Waals surface area contributed by atoms with Crippen molar-refractivity contribution < 1.29 is 23.8 Å². The predicted octanol–water partition coefficient (Wildman–Crippen LogP) is 5.49. The summed E-state index contributed by atoms with van der Waals surface area (Å²) in [5, 5.41) is 13.5. The first-order valence-electron chi connectivity index (χ1n) is 7.80. The van der Waals surface area contributed by atoms with Gasteiger partial charge in [-0.2, -0.15) is 5.10 Å². The number of ether oxygens (including phenoxy) is 1. The van der Waals surface area contributed by atoms with Crippen molar-refractivity contribution in [3.63, 3.8) is 0 Å². The molecular formula is C18H10Br2Cl2N2O5. The Labute approximate surface area is 190 Å². The van der Waals surface area contributed by atoms with E-state index in [0.29, 0.717) is 15.6 Å². The Balaban J connectivity index is 1.72. The molecule has 0 radical (unpaired) electrons. The molecule has 0 aliphatic rings. The average molecular weight is 565 g/mol. The van der Waals surface area contributed by atoms with Crippen LogP contribution in [0, 0.1) is 0 Å². The second-order valence-corrected chi connectivity index (χ2v) is 8.20. The Morgan fingerprint density at radius 3 is 2.52 bits per heavy atom. The summed E-state index contributed by atoms with van der Waals surface area (Å²) in [5.41, 5.74) is 3.36. The zero-order valence-electron chi connectivity index (χ0n) is 14.2. The van der Waals surface area contributed by atoms with Crippen LogP contribution in [-0.4, -0.2) is 29.8 Å². The van der Waals surface area contributed by atoms with Gasteiger partial charge in [0.15, 0.2) is 18.1 Å². The number of rotatable bonds is 6. The van der Waals surface area contributed by atoms with E-state index in [2.05, 4.69) is 42.4 Å². The van der Waals surface area contributed by atoms with Crippen LogP contribution in [0.25, 0.3) is 11.0 Å². The molecule has 0 unspecified atom stereocenters. The minimum Gasteiger partial charge on any atom is -0.479 e. The maximum atomic E-state index is 12.3. The van der Waals surface area contributed by atoms with E-state index < -0.39 is 18.5 Å². The van der Waals surface area contributed by atoms with Crippen molar-refractivity contribution in [2.75, 3.05) is 6.61 Å². The van der Waals surface area contributed by atoms with Crippen molar-refractivity contribution in [2.45, 2.75) is 0 Å². The van der Waals surface area contributed by atoms with Crippen LogP contribution in [0.3, 0.4) is 0 Å². The lowest BCUT2D eigenvalue weighted by molar-refractivity contribution is -0.139. The number of carbonyl (C=O) groups excluding carboxylic acids is 1. The van der Waals surface area contributed by atoms with Gasteiger partial charge in [-0.1, -0.05) is 39.1 Å². The van der Waals surface area contributed by atoms with Crippen molar-refractivity contribution in [1.82, 2.24) is 5.43 Å². The highest BCUT2D eigenvalue weighted by Crippen LogP contribution is 2.34. The molecule has 0 saturated carbocycles. The fourth-order valence-electron chi connectivity index (χ4n) is 2.33. The largest absolute Gasteiger partial charge is 0.479 e. The van der Waals surface area contributed by atoms with Crippen LogP contribution in [0.4, 0.5) is 0 Å². The normalized spacial score (nSPS) is 11.2. The van der Waals surface area contributed by atoms with Crippen LogP contribution >= 0.6 is 55.1 Å². The van der Waals surface area contributed by atoms with Gasteiger partial charge in [0.2, 0.25) is 0 Å². The summed E-state index contributed by atoms with van der Waals surface area (Å²) in [6.45, 7) is -0.576. The SMILES string of the molecule is O=C(O)COc1c(Cl)cc(/C=N\NC(=O)c2cc3cc(Br)cc(Br)c3o2)cc1Cl. The standard InChI is InChI=1S/C18H10Br2Cl2N2O5/c19-10-3-9-4-14(29-16(9)11(20)5-10)18(27)24-23-6-8-1-12(21)17(13(22)2-8)28-7-15(25)26/h1-6H,7H2,(H,24,27)(H,25,26)/b23-6-. The number of nitrogens with zero attached hydrogens (tertiary/aromatic N) is 1. The van der Waals surface area contributed by atoms with E-state index >= 15 is 0 Å². The van der Waals surface area contributed by atoms with Gasteiger partial charge < -0.3 is 14.3 Å². The molecule has 0 spiro atoms. The minimum atomic E-state index is -1.16. The summed E-state index contributed by atoms with van der Waals surface area (Å²) < 4.78 is 12.1. The molecule has 0 aliphatic heterocycles. The summed E-state index contributed by atoms with van der Waals surface area (Å²) in [5.74, 6) is -1.56. The van der Waals surface area contributed by atoms with Crippen molar-refractivity contribution in [3.8, 4) is 5.75 Å². The Morgan fingerprint density at radius 2 is 1.86 bits per heavy atom. The Kier molecular flexibility index (Phi) is 6.84. The van der Waals surface area contributed by atoms with E-state index in [4.69, 9.17) is 37.5 Å². The highest BCUT2D eigenvalue weighted by Gasteiger charge is 2.14. The Morgan fingerprint density at radius 1 is 1.17 bits per heavy atom. The molecule has 11 heteroatoms. The van der Waals surface area contributed by atoms with E-state index in [1.807, 2.05) is 12.1 Å². The molecule has 1 heterocycles. The van der Waals surface area contributed by atoms with Gasteiger partial charge in [-0.05, 0) is 51.8 Å². The smallest absolute Gasteiger partial charge is 0.341 e. The second kappa shape index (κ2) is 9.17. The quantitative estimate of drug-likeness (QED) is 0.304. The van der Waals surface area contributed by atoms with Gasteiger partial charge in [0.25, 0.3) is 0 Å². The van der Waals surface area contributed by atoms with E-state index in [0.717, 1.165) is 9.86 Å². The second-order valence-electron chi connectivity index (χ2n) is 5.61. The zero-order chi connectivity index (χ0) is 21.1. The number of benzene rings is 2. The number of fused-ring (bicyclic) bond motifs is 1. The third-order valence-corrected chi connectivity index (χ3v) is 5.11. The number of hydrazone groups is 1. The summed E-state index contributed by atoms with van der Waals surface area (Å²) in [4.78, 5) is 22.9. The number of carboxylic acids is 1. The number of carboxylic acid groups (broad SMARTS) is 1. The fourth-order valence-corrected chi connectivity index (χ4v) is 4.29. The van der Waals surface area contributed by atoms with Crippen molar-refractivity contribution in [3.05, 3.63) is 60.6 Å². The van der Waals surface area contributed by atoms with Crippen LogP contribution in [0.1, 0.15) is 16.1 Å².